The molecule has 1 aromatic rings. The fraction of sp³-hybridized carbons (Fsp3) is 0.750. The number of rotatable bonds is 0. The summed E-state index contributed by atoms with van der Waals surface area (Å²) in [7, 11) is 3.69. The Balaban J connectivity index is 3.14. The van der Waals surface area contributed by atoms with Crippen LogP contribution in [0.2, 0.25) is 0 Å². The van der Waals surface area contributed by atoms with Crippen molar-refractivity contribution in [2.24, 2.45) is 14.1 Å². The molecule has 4 heteroatoms. The van der Waals surface area contributed by atoms with Gasteiger partial charge in [0.1, 0.15) is 7.05 Å². The van der Waals surface area contributed by atoms with Crippen molar-refractivity contribution in [1.82, 2.24) is 15.0 Å². The lowest BCUT2D eigenvalue weighted by Crippen LogP contribution is -2.40. The van der Waals surface area contributed by atoms with Gasteiger partial charge in [0.05, 0.1) is 12.1 Å². The molecule has 1 aromatic heterocycles. The molecular weight excluding hydrogens is 104 g/mol. The van der Waals surface area contributed by atoms with E-state index in [1.165, 1.54) is 0 Å². The second-order valence-electron chi connectivity index (χ2n) is 1.73. The normalized spacial score (nSPS) is 9.88. The maximum Gasteiger partial charge on any atom is 0.305 e. The van der Waals surface area contributed by atoms with E-state index in [1.54, 1.807) is 9.59 Å². The highest BCUT2D eigenvalue weighted by atomic mass is 15.6. The van der Waals surface area contributed by atoms with Crippen molar-refractivity contribution in [3.63, 3.8) is 0 Å². The number of tetrazole rings is 1. The third kappa shape index (κ3) is 0.685. The van der Waals surface area contributed by atoms with Gasteiger partial charge in [-0.2, -0.15) is 0 Å². The summed E-state index contributed by atoms with van der Waals surface area (Å²) in [5.41, 5.74) is 0. The molecule has 0 unspecified atom stereocenters. The van der Waals surface area contributed by atoms with E-state index in [0.29, 0.717) is 0 Å². The lowest BCUT2D eigenvalue weighted by atomic mass is 10.8. The Morgan fingerprint density at radius 3 is 2.38 bits per heavy atom. The second kappa shape index (κ2) is 1.54. The highest BCUT2D eigenvalue weighted by Gasteiger charge is 2.03. The fourth-order valence-corrected chi connectivity index (χ4v) is 0.568. The van der Waals surface area contributed by atoms with Gasteiger partial charge >= 0.3 is 5.82 Å². The molecule has 8 heavy (non-hydrogen) atoms. The Hall–Kier alpha value is -0.930. The number of hydrogen-bond acceptors (Lipinski definition) is 2. The number of hydrogen-bond donors (Lipinski definition) is 0. The summed E-state index contributed by atoms with van der Waals surface area (Å²) >= 11 is 0. The summed E-state index contributed by atoms with van der Waals surface area (Å²) in [4.78, 5) is 3.35. The van der Waals surface area contributed by atoms with Crippen molar-refractivity contribution in [2.75, 3.05) is 0 Å². The minimum atomic E-state index is 0.801. The maximum atomic E-state index is 3.98. The molecule has 0 radical (unpaired) electrons. The minimum Gasteiger partial charge on any atom is -0.0630 e. The van der Waals surface area contributed by atoms with E-state index in [9.17, 15) is 0 Å². The minimum absolute atomic E-state index is 0.801. The van der Waals surface area contributed by atoms with E-state index in [0.717, 1.165) is 5.82 Å². The van der Waals surface area contributed by atoms with Crippen LogP contribution in [0.25, 0.3) is 0 Å². The van der Waals surface area contributed by atoms with E-state index >= 15 is 0 Å². The highest BCUT2D eigenvalue weighted by Crippen LogP contribution is 1.72. The third-order valence-electron chi connectivity index (χ3n) is 0.998. The predicted octanol–water partition coefficient (Wildman–Crippen LogP) is -1.05. The zero-order valence-electron chi connectivity index (χ0n) is 5.29. The van der Waals surface area contributed by atoms with Crippen LogP contribution >= 0.6 is 0 Å². The van der Waals surface area contributed by atoms with Crippen molar-refractivity contribution >= 4 is 0 Å². The topological polar surface area (TPSA) is 34.6 Å². The van der Waals surface area contributed by atoms with Crippen LogP contribution in [0.4, 0.5) is 0 Å². The molecular formula is C4H9N4+. The van der Waals surface area contributed by atoms with Crippen LogP contribution in [0, 0.1) is 6.92 Å². The molecule has 0 saturated heterocycles. The third-order valence-corrected chi connectivity index (χ3v) is 0.998. The van der Waals surface area contributed by atoms with Gasteiger partial charge in [0, 0.05) is 6.92 Å². The summed E-state index contributed by atoms with van der Waals surface area (Å²) in [5, 5.41) is 7.96. The van der Waals surface area contributed by atoms with E-state index in [4.69, 9.17) is 0 Å². The molecule has 1 rings (SSSR count). The predicted molar refractivity (Wildman–Crippen MR) is 26.9 cm³/mol. The van der Waals surface area contributed by atoms with Gasteiger partial charge in [-0.25, -0.2) is 0 Å². The van der Waals surface area contributed by atoms with Crippen LogP contribution in [0.15, 0.2) is 0 Å². The number of nitrogens with zero attached hydrogens (tertiary/aromatic N) is 4. The zero-order chi connectivity index (χ0) is 6.15. The Morgan fingerprint density at radius 2 is 2.25 bits per heavy atom. The van der Waals surface area contributed by atoms with E-state index in [2.05, 4.69) is 10.2 Å². The van der Waals surface area contributed by atoms with Gasteiger partial charge in [-0.05, 0) is 9.90 Å². The van der Waals surface area contributed by atoms with Gasteiger partial charge in [0.15, 0.2) is 0 Å². The van der Waals surface area contributed by atoms with Gasteiger partial charge < -0.3 is 0 Å². The van der Waals surface area contributed by atoms with Gasteiger partial charge in [0.2, 0.25) is 0 Å². The van der Waals surface area contributed by atoms with Crippen molar-refractivity contribution in [3.05, 3.63) is 5.82 Å². The first kappa shape index (κ1) is 5.21. The summed E-state index contributed by atoms with van der Waals surface area (Å²) in [6.45, 7) is 1.86. The standard InChI is InChI=1S/C4H9N4/c1-4-5-7(2)8(3)6-4/h1-3H3/q+1. The molecule has 0 fully saturated rings. The van der Waals surface area contributed by atoms with Gasteiger partial charge in [-0.15, -0.1) is 0 Å². The summed E-state index contributed by atoms with van der Waals surface area (Å²) in [6, 6.07) is 0. The average Bonchev–Trinajstić information content (AvgIpc) is 1.85. The monoisotopic (exact) mass is 113 g/mol. The average molecular weight is 113 g/mol. The second-order valence-corrected chi connectivity index (χ2v) is 1.73. The Labute approximate surface area is 47.7 Å². The molecule has 0 amide bonds. The van der Waals surface area contributed by atoms with Crippen LogP contribution in [0.3, 0.4) is 0 Å². The SMILES string of the molecule is Cc1nn(C)[n+](C)n1. The quantitative estimate of drug-likeness (QED) is 0.402. The van der Waals surface area contributed by atoms with Crippen molar-refractivity contribution in [1.29, 1.82) is 0 Å². The molecule has 44 valence electrons. The van der Waals surface area contributed by atoms with Crippen LogP contribution in [0.5, 0.6) is 0 Å². The maximum absolute atomic E-state index is 3.98. The Kier molecular flexibility index (Phi) is 1.00. The van der Waals surface area contributed by atoms with Crippen LogP contribution < -0.4 is 4.80 Å². The Morgan fingerprint density at radius 1 is 1.62 bits per heavy atom. The fourth-order valence-electron chi connectivity index (χ4n) is 0.568. The molecule has 0 spiro atoms. The van der Waals surface area contributed by atoms with Crippen molar-refractivity contribution < 1.29 is 4.80 Å². The van der Waals surface area contributed by atoms with E-state index in [-0.39, 0.29) is 0 Å². The van der Waals surface area contributed by atoms with Crippen LogP contribution in [-0.4, -0.2) is 15.0 Å². The molecule has 0 aliphatic rings. The number of aryl methyl sites for hydroxylation is 3. The van der Waals surface area contributed by atoms with Crippen molar-refractivity contribution in [3.8, 4) is 0 Å². The molecule has 0 aliphatic heterocycles. The number of aromatic nitrogens is 4. The van der Waals surface area contributed by atoms with E-state index in [1.807, 2.05) is 21.0 Å². The molecule has 0 bridgehead atoms. The first-order valence-corrected chi connectivity index (χ1v) is 2.44. The van der Waals surface area contributed by atoms with E-state index < -0.39 is 0 Å². The first-order valence-electron chi connectivity index (χ1n) is 2.44. The lowest BCUT2D eigenvalue weighted by Gasteiger charge is -1.77. The molecule has 0 atom stereocenters. The molecule has 0 aromatic carbocycles. The van der Waals surface area contributed by atoms with Crippen molar-refractivity contribution in [2.45, 2.75) is 6.92 Å². The largest absolute Gasteiger partial charge is 0.305 e. The summed E-state index contributed by atoms with van der Waals surface area (Å²) in [6.07, 6.45) is 0. The summed E-state index contributed by atoms with van der Waals surface area (Å²) < 4.78 is 0. The smallest absolute Gasteiger partial charge is 0.0630 e. The van der Waals surface area contributed by atoms with Gasteiger partial charge in [-0.1, -0.05) is 4.80 Å². The van der Waals surface area contributed by atoms with Gasteiger partial charge in [0.25, 0.3) is 0 Å². The lowest BCUT2D eigenvalue weighted by molar-refractivity contribution is -0.807. The molecule has 4 nitrogen and oxygen atoms in total. The first-order chi connectivity index (χ1) is 3.70. The van der Waals surface area contributed by atoms with Gasteiger partial charge in [-0.3, -0.25) is 0 Å². The van der Waals surface area contributed by atoms with Crippen LogP contribution in [-0.2, 0) is 14.1 Å². The molecule has 1 heterocycles. The zero-order valence-corrected chi connectivity index (χ0v) is 5.29. The molecule has 0 saturated carbocycles. The van der Waals surface area contributed by atoms with Crippen LogP contribution in [0.1, 0.15) is 5.82 Å². The Bertz CT molecular complexity index is 170. The highest BCUT2D eigenvalue weighted by molar-refractivity contribution is 4.62. The molecule has 0 aliphatic carbocycles. The molecule has 0 N–H and O–H groups in total. The summed E-state index contributed by atoms with van der Waals surface area (Å²) in [5.74, 6) is 0.801.